The summed E-state index contributed by atoms with van der Waals surface area (Å²) in [6, 6.07) is 0. The van der Waals surface area contributed by atoms with Crippen LogP contribution in [0.25, 0.3) is 0 Å². The molecule has 0 radical (unpaired) electrons. The lowest BCUT2D eigenvalue weighted by atomic mass is 9.96. The molecule has 1 aliphatic rings. The fourth-order valence-electron chi connectivity index (χ4n) is 1.03. The van der Waals surface area contributed by atoms with Crippen LogP contribution in [0.5, 0.6) is 0 Å². The summed E-state index contributed by atoms with van der Waals surface area (Å²) in [5.74, 6) is 1.42. The molecule has 0 bridgehead atoms. The molecule has 1 unspecified atom stereocenters. The molecule has 0 fully saturated rings. The van der Waals surface area contributed by atoms with E-state index in [1.165, 1.54) is 0 Å². The highest BCUT2D eigenvalue weighted by Crippen LogP contribution is 2.18. The van der Waals surface area contributed by atoms with Gasteiger partial charge in [-0.1, -0.05) is 56.4 Å². The highest BCUT2D eigenvalue weighted by molar-refractivity contribution is 7.79. The molecule has 0 spiro atoms. The van der Waals surface area contributed by atoms with Crippen LogP contribution in [0.4, 0.5) is 0 Å². The van der Waals surface area contributed by atoms with Crippen LogP contribution in [0, 0.1) is 10.3 Å². The molecular formula is C13H28N4O3S2. The molecule has 9 heteroatoms. The molecule has 130 valence electrons. The molecule has 1 aliphatic heterocycles. The Morgan fingerprint density at radius 1 is 1.09 bits per heavy atom. The number of hydrogen-bond donors (Lipinski definition) is 2. The Kier molecular flexibility index (Phi) is 9.01. The maximum absolute atomic E-state index is 10.5. The minimum atomic E-state index is -1.52. The standard InChI is InChI=1S/C6H10N2OS.C5H10N2O2S.2CH4/c1-6(2,3)4-7-5(10)9-8-4;1-5(2,3)4-6-9-10(8)7-4;;/h1-3H3,(H,7,8,10);1-3H3,(H,6,7);2*1H4. The van der Waals surface area contributed by atoms with Crippen LogP contribution in [-0.2, 0) is 21.0 Å². The SMILES string of the molecule is C.C.CC(C)(C)C1=NS(=O)ON1.CC(C)(C)c1nc(=S)o[nH]1. The topological polar surface area (TPSA) is 92.5 Å². The lowest BCUT2D eigenvalue weighted by Crippen LogP contribution is -2.30. The van der Waals surface area contributed by atoms with E-state index in [4.69, 9.17) is 16.7 Å². The van der Waals surface area contributed by atoms with Gasteiger partial charge in [-0.15, -0.1) is 4.40 Å². The van der Waals surface area contributed by atoms with Crippen molar-refractivity contribution in [3.05, 3.63) is 10.7 Å². The Morgan fingerprint density at radius 3 is 1.82 bits per heavy atom. The zero-order valence-corrected chi connectivity index (χ0v) is 14.1. The second-order valence-electron chi connectivity index (χ2n) is 6.27. The third kappa shape index (κ3) is 7.28. The minimum Gasteiger partial charge on any atom is -0.348 e. The van der Waals surface area contributed by atoms with Crippen molar-refractivity contribution in [1.29, 1.82) is 0 Å². The lowest BCUT2D eigenvalue weighted by Gasteiger charge is -2.15. The Balaban J connectivity index is 0. The van der Waals surface area contributed by atoms with Crippen LogP contribution < -0.4 is 5.48 Å². The van der Waals surface area contributed by atoms with Crippen molar-refractivity contribution in [3.63, 3.8) is 0 Å². The first-order valence-corrected chi connectivity index (χ1v) is 7.44. The van der Waals surface area contributed by atoms with E-state index in [1.807, 2.05) is 41.5 Å². The Labute approximate surface area is 140 Å². The first-order valence-electron chi connectivity index (χ1n) is 6.00. The van der Waals surface area contributed by atoms with Crippen LogP contribution in [0.2, 0.25) is 0 Å². The van der Waals surface area contributed by atoms with Gasteiger partial charge in [0.25, 0.3) is 0 Å². The summed E-state index contributed by atoms with van der Waals surface area (Å²) in [6.07, 6.45) is 0. The first kappa shape index (κ1) is 23.2. The van der Waals surface area contributed by atoms with Crippen molar-refractivity contribution >= 4 is 29.3 Å². The number of hydrogen-bond acceptors (Lipinski definition) is 6. The highest BCUT2D eigenvalue weighted by atomic mass is 32.2. The van der Waals surface area contributed by atoms with Crippen molar-refractivity contribution < 1.29 is 13.0 Å². The molecule has 2 N–H and O–H groups in total. The van der Waals surface area contributed by atoms with E-state index in [9.17, 15) is 4.21 Å². The summed E-state index contributed by atoms with van der Waals surface area (Å²) < 4.78 is 23.5. The van der Waals surface area contributed by atoms with Crippen molar-refractivity contribution in [2.45, 2.75) is 61.8 Å². The summed E-state index contributed by atoms with van der Waals surface area (Å²) in [5, 5.41) is 2.66. The van der Waals surface area contributed by atoms with E-state index in [0.717, 1.165) is 5.82 Å². The van der Waals surface area contributed by atoms with Gasteiger partial charge in [0.2, 0.25) is 0 Å². The number of amidine groups is 1. The monoisotopic (exact) mass is 352 g/mol. The van der Waals surface area contributed by atoms with Crippen molar-refractivity contribution in [3.8, 4) is 0 Å². The third-order valence-corrected chi connectivity index (χ3v) is 2.97. The molecule has 22 heavy (non-hydrogen) atoms. The maximum atomic E-state index is 10.5. The van der Waals surface area contributed by atoms with Gasteiger partial charge >= 0.3 is 16.1 Å². The van der Waals surface area contributed by atoms with Gasteiger partial charge in [-0.3, -0.25) is 0 Å². The van der Waals surface area contributed by atoms with E-state index >= 15 is 0 Å². The van der Waals surface area contributed by atoms with Gasteiger partial charge in [0, 0.05) is 10.8 Å². The zero-order valence-electron chi connectivity index (χ0n) is 12.4. The van der Waals surface area contributed by atoms with Crippen LogP contribution in [0.15, 0.2) is 8.92 Å². The molecule has 0 saturated heterocycles. The van der Waals surface area contributed by atoms with Gasteiger partial charge in [-0.25, -0.2) is 14.8 Å². The minimum absolute atomic E-state index is 0. The highest BCUT2D eigenvalue weighted by Gasteiger charge is 2.25. The predicted octanol–water partition coefficient (Wildman–Crippen LogP) is 3.85. The molecule has 0 saturated carbocycles. The Hall–Kier alpha value is -1.06. The third-order valence-electron chi connectivity index (χ3n) is 2.23. The van der Waals surface area contributed by atoms with E-state index < -0.39 is 11.3 Å². The van der Waals surface area contributed by atoms with E-state index in [0.29, 0.717) is 5.84 Å². The van der Waals surface area contributed by atoms with Crippen molar-refractivity contribution in [2.24, 2.45) is 9.81 Å². The van der Waals surface area contributed by atoms with Gasteiger partial charge in [0.15, 0.2) is 0 Å². The summed E-state index contributed by atoms with van der Waals surface area (Å²) in [7, 11) is 0. The summed E-state index contributed by atoms with van der Waals surface area (Å²) in [6.45, 7) is 12.0. The van der Waals surface area contributed by atoms with Gasteiger partial charge < -0.3 is 4.52 Å². The molecular weight excluding hydrogens is 324 g/mol. The van der Waals surface area contributed by atoms with Crippen LogP contribution in [-0.4, -0.2) is 20.2 Å². The number of nitrogens with one attached hydrogen (secondary N) is 2. The Morgan fingerprint density at radius 2 is 1.64 bits per heavy atom. The van der Waals surface area contributed by atoms with Crippen molar-refractivity contribution in [2.75, 3.05) is 0 Å². The second-order valence-corrected chi connectivity index (χ2v) is 7.41. The average molecular weight is 353 g/mol. The summed E-state index contributed by atoms with van der Waals surface area (Å²) in [4.78, 5) is 4.24. The zero-order chi connectivity index (χ0) is 15.6. The van der Waals surface area contributed by atoms with Gasteiger partial charge in [-0.2, -0.15) is 9.27 Å². The number of aromatic nitrogens is 2. The van der Waals surface area contributed by atoms with Crippen LogP contribution in [0.3, 0.4) is 0 Å². The fraction of sp³-hybridized carbons (Fsp3) is 0.769. The van der Waals surface area contributed by atoms with E-state index in [-0.39, 0.29) is 30.5 Å². The lowest BCUT2D eigenvalue weighted by molar-refractivity contribution is 0.291. The molecule has 2 rings (SSSR count). The molecule has 0 aliphatic carbocycles. The second kappa shape index (κ2) is 8.54. The normalized spacial score (nSPS) is 17.2. The molecule has 2 heterocycles. The number of hydroxylamine groups is 1. The molecule has 7 nitrogen and oxygen atoms in total. The fourth-order valence-corrected chi connectivity index (χ4v) is 1.81. The summed E-state index contributed by atoms with van der Waals surface area (Å²) in [5.41, 5.74) is 2.36. The number of rotatable bonds is 0. The molecule has 1 aromatic heterocycles. The molecule has 0 amide bonds. The van der Waals surface area contributed by atoms with Gasteiger partial charge in [-0.05, 0) is 12.2 Å². The van der Waals surface area contributed by atoms with E-state index in [1.54, 1.807) is 0 Å². The number of H-pyrrole nitrogens is 1. The number of aromatic amines is 1. The van der Waals surface area contributed by atoms with Gasteiger partial charge in [0.1, 0.15) is 11.7 Å². The number of nitrogens with zero attached hydrogens (tertiary/aromatic N) is 2. The van der Waals surface area contributed by atoms with Crippen molar-refractivity contribution in [1.82, 2.24) is 15.6 Å². The Bertz CT molecular complexity index is 565. The maximum Gasteiger partial charge on any atom is 0.314 e. The predicted molar refractivity (Wildman–Crippen MR) is 93.1 cm³/mol. The van der Waals surface area contributed by atoms with Gasteiger partial charge in [0.05, 0.1) is 0 Å². The van der Waals surface area contributed by atoms with Crippen LogP contribution in [0.1, 0.15) is 62.2 Å². The largest absolute Gasteiger partial charge is 0.348 e. The molecule has 1 aromatic rings. The van der Waals surface area contributed by atoms with E-state index in [2.05, 4.69) is 24.3 Å². The van der Waals surface area contributed by atoms with Crippen LogP contribution >= 0.6 is 12.2 Å². The first-order chi connectivity index (χ1) is 9.00. The summed E-state index contributed by atoms with van der Waals surface area (Å²) >= 11 is 3.17. The molecule has 0 aromatic carbocycles. The average Bonchev–Trinajstić information content (AvgIpc) is 2.85. The molecule has 1 atom stereocenters. The smallest absolute Gasteiger partial charge is 0.314 e. The quantitative estimate of drug-likeness (QED) is 0.689.